The maximum absolute atomic E-state index is 13.0. The number of carbonyl (C=O) groups excluding carboxylic acids is 1. The van der Waals surface area contributed by atoms with E-state index >= 15 is 0 Å². The lowest BCUT2D eigenvalue weighted by molar-refractivity contribution is -0.138. The van der Waals surface area contributed by atoms with E-state index in [-0.39, 0.29) is 21.7 Å². The van der Waals surface area contributed by atoms with Gasteiger partial charge in [-0.2, -0.15) is 4.98 Å². The minimum absolute atomic E-state index is 0.0111. The lowest BCUT2D eigenvalue weighted by Crippen LogP contribution is -2.37. The molecule has 0 amide bonds. The Morgan fingerprint density at radius 3 is 2.52 bits per heavy atom. The van der Waals surface area contributed by atoms with Crippen LogP contribution in [0.25, 0.3) is 0 Å². The third kappa shape index (κ3) is 4.18. The molecule has 8 nitrogen and oxygen atoms in total. The van der Waals surface area contributed by atoms with E-state index in [4.69, 9.17) is 16.3 Å². The third-order valence-corrected chi connectivity index (χ3v) is 5.38. The van der Waals surface area contributed by atoms with Crippen LogP contribution in [0.3, 0.4) is 0 Å². The number of hydrogen-bond donors (Lipinski definition) is 0. The fourth-order valence-electron chi connectivity index (χ4n) is 1.96. The van der Waals surface area contributed by atoms with E-state index in [1.54, 1.807) is 13.0 Å². The van der Waals surface area contributed by atoms with Crippen molar-refractivity contribution in [2.24, 2.45) is 0 Å². The van der Waals surface area contributed by atoms with Crippen molar-refractivity contribution < 1.29 is 22.7 Å². The zero-order valence-electron chi connectivity index (χ0n) is 13.8. The van der Waals surface area contributed by atoms with Crippen LogP contribution in [0.4, 0.5) is 5.95 Å². The molecule has 2 rings (SSSR count). The first kappa shape index (κ1) is 18.9. The smallest absolute Gasteiger partial charge is 0.326 e. The van der Waals surface area contributed by atoms with Crippen LogP contribution >= 0.6 is 11.6 Å². The predicted molar refractivity (Wildman–Crippen MR) is 91.3 cm³/mol. The van der Waals surface area contributed by atoms with Crippen LogP contribution in [-0.2, 0) is 19.6 Å². The van der Waals surface area contributed by atoms with E-state index in [0.717, 1.165) is 11.4 Å². The van der Waals surface area contributed by atoms with Gasteiger partial charge in [0.2, 0.25) is 11.8 Å². The van der Waals surface area contributed by atoms with Crippen molar-refractivity contribution in [3.05, 3.63) is 41.0 Å². The molecule has 0 aliphatic heterocycles. The van der Waals surface area contributed by atoms with Crippen LogP contribution in [-0.4, -0.2) is 45.1 Å². The van der Waals surface area contributed by atoms with Crippen LogP contribution in [0.1, 0.15) is 5.69 Å². The van der Waals surface area contributed by atoms with Crippen molar-refractivity contribution >= 4 is 33.5 Å². The summed E-state index contributed by atoms with van der Waals surface area (Å²) in [5.41, 5.74) is 0.464. The maximum Gasteiger partial charge on any atom is 0.326 e. The van der Waals surface area contributed by atoms with Crippen molar-refractivity contribution in [1.82, 2.24) is 9.97 Å². The second-order valence-electron chi connectivity index (χ2n) is 4.87. The van der Waals surface area contributed by atoms with Crippen molar-refractivity contribution in [3.63, 3.8) is 0 Å². The number of aromatic nitrogens is 2. The first-order valence-corrected chi connectivity index (χ1v) is 8.85. The van der Waals surface area contributed by atoms with E-state index in [9.17, 15) is 13.2 Å². The minimum atomic E-state index is -4.21. The summed E-state index contributed by atoms with van der Waals surface area (Å²) in [5.74, 6) is -0.839. The first-order chi connectivity index (χ1) is 11.8. The Balaban J connectivity index is 2.63. The number of hydrogen-bond acceptors (Lipinski definition) is 7. The molecule has 0 atom stereocenters. The average molecular weight is 386 g/mol. The zero-order chi connectivity index (χ0) is 18.6. The molecular weight excluding hydrogens is 370 g/mol. The monoisotopic (exact) mass is 385 g/mol. The van der Waals surface area contributed by atoms with E-state index in [2.05, 4.69) is 14.7 Å². The number of esters is 1. The molecular formula is C15H16ClN3O5S. The Hall–Kier alpha value is -2.39. The van der Waals surface area contributed by atoms with Crippen molar-refractivity contribution in [2.75, 3.05) is 25.1 Å². The Morgan fingerprint density at radius 1 is 1.24 bits per heavy atom. The lowest BCUT2D eigenvalue weighted by Gasteiger charge is -2.22. The molecule has 1 heterocycles. The highest BCUT2D eigenvalue weighted by atomic mass is 35.5. The van der Waals surface area contributed by atoms with E-state index in [1.807, 2.05) is 0 Å². The topological polar surface area (TPSA) is 98.7 Å². The Bertz CT molecular complexity index is 888. The summed E-state index contributed by atoms with van der Waals surface area (Å²) in [4.78, 5) is 19.7. The second-order valence-corrected chi connectivity index (χ2v) is 7.11. The number of sulfonamides is 1. The number of halogens is 1. The molecule has 0 aliphatic rings. The van der Waals surface area contributed by atoms with E-state index < -0.39 is 22.5 Å². The van der Waals surface area contributed by atoms with Crippen LogP contribution in [0.15, 0.2) is 35.2 Å². The molecule has 0 spiro atoms. The lowest BCUT2D eigenvalue weighted by atomic mass is 10.4. The number of methoxy groups -OCH3 is 2. The standard InChI is InChI=1S/C15H16ClN3O5S/c1-10-8-13(23-2)18-15(17-10)19(9-14(20)24-3)25(21,22)12-7-5-4-6-11(12)16/h4-8H,9H2,1-3H3. The molecule has 25 heavy (non-hydrogen) atoms. The highest BCUT2D eigenvalue weighted by molar-refractivity contribution is 7.93. The van der Waals surface area contributed by atoms with Gasteiger partial charge in [-0.15, -0.1) is 0 Å². The number of aryl methyl sites for hydroxylation is 1. The molecule has 0 radical (unpaired) electrons. The van der Waals surface area contributed by atoms with Gasteiger partial charge >= 0.3 is 5.97 Å². The molecule has 0 unspecified atom stereocenters. The fraction of sp³-hybridized carbons (Fsp3) is 0.267. The summed E-state index contributed by atoms with van der Waals surface area (Å²) < 4.78 is 36.4. The normalized spacial score (nSPS) is 11.0. The quantitative estimate of drug-likeness (QED) is 0.699. The second kappa shape index (κ2) is 7.66. The molecule has 134 valence electrons. The SMILES string of the molecule is COC(=O)CN(c1nc(C)cc(OC)n1)S(=O)(=O)c1ccccc1Cl. The van der Waals surface area contributed by atoms with Crippen LogP contribution in [0.2, 0.25) is 5.02 Å². The van der Waals surface area contributed by atoms with Crippen LogP contribution < -0.4 is 9.04 Å². The number of benzene rings is 1. The number of nitrogens with zero attached hydrogens (tertiary/aromatic N) is 3. The predicted octanol–water partition coefficient (Wildman–Crippen LogP) is 1.82. The fourth-order valence-corrected chi connectivity index (χ4v) is 3.76. The summed E-state index contributed by atoms with van der Waals surface area (Å²) in [7, 11) is -1.67. The van der Waals surface area contributed by atoms with Gasteiger partial charge in [0.15, 0.2) is 0 Å². The molecule has 0 N–H and O–H groups in total. The van der Waals surface area contributed by atoms with Gasteiger partial charge in [-0.25, -0.2) is 17.7 Å². The Labute approximate surface area is 150 Å². The van der Waals surface area contributed by atoms with Crippen LogP contribution in [0.5, 0.6) is 5.88 Å². The van der Waals surface area contributed by atoms with Gasteiger partial charge in [-0.3, -0.25) is 4.79 Å². The Kier molecular flexibility index (Phi) is 5.81. The highest BCUT2D eigenvalue weighted by Crippen LogP contribution is 2.27. The van der Waals surface area contributed by atoms with Crippen molar-refractivity contribution in [3.8, 4) is 5.88 Å². The number of carbonyl (C=O) groups is 1. The number of ether oxygens (including phenoxy) is 2. The van der Waals surface area contributed by atoms with E-state index in [0.29, 0.717) is 5.69 Å². The third-order valence-electron chi connectivity index (χ3n) is 3.16. The Morgan fingerprint density at radius 2 is 1.92 bits per heavy atom. The molecule has 10 heteroatoms. The minimum Gasteiger partial charge on any atom is -0.481 e. The molecule has 1 aromatic carbocycles. The van der Waals surface area contributed by atoms with Gasteiger partial charge in [-0.05, 0) is 19.1 Å². The summed E-state index contributed by atoms with van der Waals surface area (Å²) in [5, 5.41) is 0.0111. The molecule has 2 aromatic rings. The van der Waals surface area contributed by atoms with Gasteiger partial charge in [0.25, 0.3) is 10.0 Å². The maximum atomic E-state index is 13.0. The summed E-state index contributed by atoms with van der Waals surface area (Å²) in [6.07, 6.45) is 0. The van der Waals surface area contributed by atoms with Gasteiger partial charge in [0, 0.05) is 11.8 Å². The van der Waals surface area contributed by atoms with Gasteiger partial charge in [-0.1, -0.05) is 23.7 Å². The zero-order valence-corrected chi connectivity index (χ0v) is 15.3. The van der Waals surface area contributed by atoms with Gasteiger partial charge in [0.1, 0.15) is 11.4 Å². The molecule has 0 bridgehead atoms. The molecule has 0 saturated carbocycles. The molecule has 0 fully saturated rings. The van der Waals surface area contributed by atoms with E-state index in [1.165, 1.54) is 31.4 Å². The number of rotatable bonds is 6. The van der Waals surface area contributed by atoms with Crippen LogP contribution in [0, 0.1) is 6.92 Å². The van der Waals surface area contributed by atoms with Crippen molar-refractivity contribution in [2.45, 2.75) is 11.8 Å². The summed E-state index contributed by atoms with van der Waals surface area (Å²) in [6, 6.07) is 7.41. The highest BCUT2D eigenvalue weighted by Gasteiger charge is 2.31. The largest absolute Gasteiger partial charge is 0.481 e. The van der Waals surface area contributed by atoms with Crippen molar-refractivity contribution in [1.29, 1.82) is 0 Å². The summed E-state index contributed by atoms with van der Waals surface area (Å²) in [6.45, 7) is 1.03. The molecule has 1 aromatic heterocycles. The molecule has 0 saturated heterocycles. The molecule has 0 aliphatic carbocycles. The average Bonchev–Trinajstić information content (AvgIpc) is 2.58. The number of anilines is 1. The first-order valence-electron chi connectivity index (χ1n) is 7.03. The van der Waals surface area contributed by atoms with Gasteiger partial charge in [0.05, 0.1) is 19.2 Å². The summed E-state index contributed by atoms with van der Waals surface area (Å²) >= 11 is 6.01. The van der Waals surface area contributed by atoms with Gasteiger partial charge < -0.3 is 9.47 Å².